The molecule has 0 aromatic heterocycles. The van der Waals surface area contributed by atoms with Crippen LogP contribution in [0.5, 0.6) is 0 Å². The SMILES string of the molecule is CC(C)(O)C(O)CCC(C)(O)C1CCC(C)(C2CCC3OC(C4(C)CCC(Br)C(C)(C)O4)CCC3(C)O2)O1. The number of hydrogen-bond donors (Lipinski definition) is 3. The predicted octanol–water partition coefficient (Wildman–Crippen LogP) is 5.18. The highest BCUT2D eigenvalue weighted by molar-refractivity contribution is 9.09. The van der Waals surface area contributed by atoms with Crippen LogP contribution in [0.2, 0.25) is 0 Å². The van der Waals surface area contributed by atoms with Crippen LogP contribution >= 0.6 is 15.9 Å². The van der Waals surface area contributed by atoms with Gasteiger partial charge in [0.15, 0.2) is 0 Å². The van der Waals surface area contributed by atoms with Gasteiger partial charge < -0.3 is 34.3 Å². The van der Waals surface area contributed by atoms with E-state index in [4.69, 9.17) is 18.9 Å². The molecule has 38 heavy (non-hydrogen) atoms. The standard InChI is InChI=1S/C30H53BrO7/c1-25(2,33)20(32)12-15-27(5,34)21-13-17-29(7,36-21)24-10-9-22-28(6,37-24)18-14-23(35-22)30(8)16-11-19(31)26(3,4)38-30/h19-24,32-34H,9-18H2,1-8H3. The number of halogens is 1. The summed E-state index contributed by atoms with van der Waals surface area (Å²) in [7, 11) is 0. The highest BCUT2D eigenvalue weighted by Gasteiger charge is 2.57. The van der Waals surface area contributed by atoms with Crippen LogP contribution in [0.1, 0.15) is 120 Å². The van der Waals surface area contributed by atoms with Crippen molar-refractivity contribution in [2.45, 2.75) is 189 Å². The van der Waals surface area contributed by atoms with E-state index in [1.807, 2.05) is 0 Å². The quantitative estimate of drug-likeness (QED) is 0.344. The monoisotopic (exact) mass is 604 g/mol. The molecule has 0 radical (unpaired) electrons. The fourth-order valence-corrected chi connectivity index (χ4v) is 7.57. The Bertz CT molecular complexity index is 843. The molecule has 0 aromatic carbocycles. The van der Waals surface area contributed by atoms with E-state index in [1.165, 1.54) is 0 Å². The first kappa shape index (κ1) is 31.1. The maximum absolute atomic E-state index is 11.2. The highest BCUT2D eigenvalue weighted by Crippen LogP contribution is 2.50. The highest BCUT2D eigenvalue weighted by atomic mass is 79.9. The predicted molar refractivity (Wildman–Crippen MR) is 151 cm³/mol. The molecule has 0 amide bonds. The lowest BCUT2D eigenvalue weighted by atomic mass is 9.75. The van der Waals surface area contributed by atoms with Crippen LogP contribution < -0.4 is 0 Å². The molecule has 4 fully saturated rings. The van der Waals surface area contributed by atoms with Crippen LogP contribution in [0.4, 0.5) is 0 Å². The summed E-state index contributed by atoms with van der Waals surface area (Å²) in [6.07, 6.45) is 6.61. The largest absolute Gasteiger partial charge is 0.390 e. The van der Waals surface area contributed by atoms with Crippen molar-refractivity contribution >= 4 is 15.9 Å². The lowest BCUT2D eigenvalue weighted by molar-refractivity contribution is -0.304. The molecule has 10 unspecified atom stereocenters. The summed E-state index contributed by atoms with van der Waals surface area (Å²) in [5.41, 5.74) is -3.68. The Morgan fingerprint density at radius 3 is 1.97 bits per heavy atom. The zero-order valence-electron chi connectivity index (χ0n) is 24.9. The molecule has 4 saturated heterocycles. The fraction of sp³-hybridized carbons (Fsp3) is 1.00. The van der Waals surface area contributed by atoms with Gasteiger partial charge in [0.1, 0.15) is 0 Å². The van der Waals surface area contributed by atoms with Crippen LogP contribution in [0, 0.1) is 0 Å². The summed E-state index contributed by atoms with van der Waals surface area (Å²) in [5, 5.41) is 31.5. The summed E-state index contributed by atoms with van der Waals surface area (Å²) in [6.45, 7) is 15.8. The second-order valence-corrected chi connectivity index (χ2v) is 15.8. The Kier molecular flexibility index (Phi) is 8.59. The van der Waals surface area contributed by atoms with E-state index in [9.17, 15) is 15.3 Å². The molecule has 222 valence electrons. The van der Waals surface area contributed by atoms with Crippen LogP contribution in [0.3, 0.4) is 0 Å². The lowest BCUT2D eigenvalue weighted by Crippen LogP contribution is -2.63. The molecular formula is C30H53BrO7. The van der Waals surface area contributed by atoms with E-state index >= 15 is 0 Å². The molecule has 4 rings (SSSR count). The molecule has 0 aliphatic carbocycles. The first-order chi connectivity index (χ1) is 17.3. The lowest BCUT2D eigenvalue weighted by Gasteiger charge is -2.56. The van der Waals surface area contributed by atoms with Crippen LogP contribution in [-0.4, -0.2) is 84.3 Å². The van der Waals surface area contributed by atoms with E-state index < -0.39 is 22.9 Å². The van der Waals surface area contributed by atoms with Crippen molar-refractivity contribution in [3.05, 3.63) is 0 Å². The van der Waals surface area contributed by atoms with Gasteiger partial charge in [0.2, 0.25) is 0 Å². The molecular weight excluding hydrogens is 552 g/mol. The van der Waals surface area contributed by atoms with Crippen molar-refractivity contribution in [3.63, 3.8) is 0 Å². The Labute approximate surface area is 238 Å². The van der Waals surface area contributed by atoms with Gasteiger partial charge in [-0.15, -0.1) is 0 Å². The van der Waals surface area contributed by atoms with Crippen LogP contribution in [0.25, 0.3) is 0 Å². The van der Waals surface area contributed by atoms with E-state index in [1.54, 1.807) is 20.8 Å². The third-order valence-electron chi connectivity index (χ3n) is 10.3. The van der Waals surface area contributed by atoms with Gasteiger partial charge in [0.25, 0.3) is 0 Å². The molecule has 8 heteroatoms. The first-order valence-electron chi connectivity index (χ1n) is 14.8. The molecule has 0 spiro atoms. The van der Waals surface area contributed by atoms with Gasteiger partial charge in [0, 0.05) is 4.83 Å². The van der Waals surface area contributed by atoms with Gasteiger partial charge in [-0.2, -0.15) is 0 Å². The maximum atomic E-state index is 11.2. The molecule has 0 bridgehead atoms. The van der Waals surface area contributed by atoms with Crippen molar-refractivity contribution in [2.24, 2.45) is 0 Å². The Morgan fingerprint density at radius 1 is 0.789 bits per heavy atom. The number of aliphatic hydroxyl groups excluding tert-OH is 1. The number of fused-ring (bicyclic) bond motifs is 1. The van der Waals surface area contributed by atoms with Gasteiger partial charge in [-0.1, -0.05) is 15.9 Å². The number of rotatable bonds is 7. The average Bonchev–Trinajstić information content (AvgIpc) is 3.22. The van der Waals surface area contributed by atoms with Gasteiger partial charge in [-0.05, 0) is 120 Å². The maximum Gasteiger partial charge on any atom is 0.0923 e. The number of ether oxygens (including phenoxy) is 4. The Hall–Kier alpha value is 0.200. The van der Waals surface area contributed by atoms with E-state index in [0.717, 1.165) is 51.4 Å². The number of aliphatic hydroxyl groups is 3. The Balaban J connectivity index is 1.36. The smallest absolute Gasteiger partial charge is 0.0923 e. The molecule has 0 aromatic rings. The molecule has 0 saturated carbocycles. The van der Waals surface area contributed by atoms with Crippen molar-refractivity contribution in [1.29, 1.82) is 0 Å². The van der Waals surface area contributed by atoms with Gasteiger partial charge in [0.05, 0.1) is 64.1 Å². The van der Waals surface area contributed by atoms with Crippen molar-refractivity contribution in [3.8, 4) is 0 Å². The topological polar surface area (TPSA) is 97.6 Å². The minimum Gasteiger partial charge on any atom is -0.390 e. The minimum absolute atomic E-state index is 0.0231. The van der Waals surface area contributed by atoms with E-state index in [0.29, 0.717) is 17.7 Å². The first-order valence-corrected chi connectivity index (χ1v) is 15.7. The van der Waals surface area contributed by atoms with Crippen LogP contribution in [0.15, 0.2) is 0 Å². The van der Waals surface area contributed by atoms with Gasteiger partial charge >= 0.3 is 0 Å². The number of hydrogen-bond acceptors (Lipinski definition) is 7. The van der Waals surface area contributed by atoms with Crippen LogP contribution in [-0.2, 0) is 18.9 Å². The van der Waals surface area contributed by atoms with Crippen molar-refractivity contribution in [1.82, 2.24) is 0 Å². The second kappa shape index (κ2) is 10.5. The number of alkyl halides is 1. The van der Waals surface area contributed by atoms with Gasteiger partial charge in [-0.3, -0.25) is 0 Å². The Morgan fingerprint density at radius 2 is 1.34 bits per heavy atom. The summed E-state index contributed by atoms with van der Waals surface area (Å²) in [4.78, 5) is 0.346. The molecule has 4 heterocycles. The molecule has 4 aliphatic rings. The van der Waals surface area contributed by atoms with E-state index in [-0.39, 0.29) is 41.2 Å². The summed E-state index contributed by atoms with van der Waals surface area (Å²) < 4.78 is 26.8. The zero-order chi connectivity index (χ0) is 28.4. The minimum atomic E-state index is -1.20. The summed E-state index contributed by atoms with van der Waals surface area (Å²) >= 11 is 3.80. The van der Waals surface area contributed by atoms with E-state index in [2.05, 4.69) is 50.5 Å². The second-order valence-electron chi connectivity index (χ2n) is 14.7. The third-order valence-corrected chi connectivity index (χ3v) is 11.8. The molecule has 3 N–H and O–H groups in total. The molecule has 10 atom stereocenters. The average molecular weight is 606 g/mol. The third kappa shape index (κ3) is 6.18. The summed E-state index contributed by atoms with van der Waals surface area (Å²) in [5.74, 6) is 0. The molecule has 7 nitrogen and oxygen atoms in total. The normalized spacial score (nSPS) is 46.3. The van der Waals surface area contributed by atoms with Crippen molar-refractivity contribution < 1.29 is 34.3 Å². The summed E-state index contributed by atoms with van der Waals surface area (Å²) in [6, 6.07) is 0. The fourth-order valence-electron chi connectivity index (χ4n) is 7.24. The van der Waals surface area contributed by atoms with Crippen molar-refractivity contribution in [2.75, 3.05) is 0 Å². The van der Waals surface area contributed by atoms with Gasteiger partial charge in [-0.25, -0.2) is 0 Å². The molecule has 4 aliphatic heterocycles. The zero-order valence-corrected chi connectivity index (χ0v) is 26.5.